The van der Waals surface area contributed by atoms with E-state index in [9.17, 15) is 0 Å². The Kier molecular flexibility index (Phi) is 4.57. The molecule has 0 bridgehead atoms. The summed E-state index contributed by atoms with van der Waals surface area (Å²) in [6.45, 7) is 2.00. The van der Waals surface area contributed by atoms with Crippen molar-refractivity contribution in [2.24, 2.45) is 17.3 Å². The van der Waals surface area contributed by atoms with Crippen LogP contribution in [0.15, 0.2) is 58.7 Å². The molecule has 3 aromatic rings. The zero-order valence-electron chi connectivity index (χ0n) is 13.5. The van der Waals surface area contributed by atoms with Crippen molar-refractivity contribution in [3.8, 4) is 5.75 Å². The monoisotopic (exact) mass is 325 g/mol. The van der Waals surface area contributed by atoms with Gasteiger partial charge in [-0.2, -0.15) is 5.10 Å². The topological polar surface area (TPSA) is 38.9 Å². The van der Waals surface area contributed by atoms with Gasteiger partial charge in [0.05, 0.1) is 17.3 Å². The molecule has 0 amide bonds. The van der Waals surface area contributed by atoms with Crippen LogP contribution >= 0.6 is 11.3 Å². The Bertz CT molecular complexity index is 904. The van der Waals surface area contributed by atoms with E-state index in [-0.39, 0.29) is 0 Å². The fraction of sp³-hybridized carbons (Fsp3) is 0.222. The lowest BCUT2D eigenvalue weighted by atomic mass is 10.1. The summed E-state index contributed by atoms with van der Waals surface area (Å²) in [7, 11) is 3.69. The number of para-hydroxylation sites is 1. The molecule has 23 heavy (non-hydrogen) atoms. The lowest BCUT2D eigenvalue weighted by Crippen LogP contribution is -2.09. The number of ether oxygens (including phenoxy) is 1. The van der Waals surface area contributed by atoms with Gasteiger partial charge in [-0.25, -0.2) is 0 Å². The molecule has 1 aromatic heterocycles. The maximum Gasteiger partial charge on any atom is 0.211 e. The van der Waals surface area contributed by atoms with Crippen molar-refractivity contribution in [2.45, 2.75) is 13.3 Å². The van der Waals surface area contributed by atoms with E-state index in [1.165, 1.54) is 15.8 Å². The van der Waals surface area contributed by atoms with E-state index in [0.29, 0.717) is 0 Å². The van der Waals surface area contributed by atoms with Crippen LogP contribution < -0.4 is 9.54 Å². The van der Waals surface area contributed by atoms with Crippen molar-refractivity contribution < 1.29 is 4.74 Å². The summed E-state index contributed by atoms with van der Waals surface area (Å²) in [6, 6.07) is 16.3. The third-order valence-electron chi connectivity index (χ3n) is 3.64. The van der Waals surface area contributed by atoms with E-state index in [1.54, 1.807) is 18.4 Å². The van der Waals surface area contributed by atoms with E-state index in [4.69, 9.17) is 4.74 Å². The van der Waals surface area contributed by atoms with Crippen LogP contribution in [0.3, 0.4) is 0 Å². The first-order valence-corrected chi connectivity index (χ1v) is 8.23. The van der Waals surface area contributed by atoms with Gasteiger partial charge in [-0.3, -0.25) is 0 Å². The molecule has 0 unspecified atom stereocenters. The smallest absolute Gasteiger partial charge is 0.211 e. The SMILES string of the molecule is COc1ccc(C/C(C)=N\N=c2\sc3ccccc3n2C)cc1. The van der Waals surface area contributed by atoms with Gasteiger partial charge in [-0.1, -0.05) is 35.6 Å². The van der Waals surface area contributed by atoms with Crippen LogP contribution in [-0.2, 0) is 13.5 Å². The summed E-state index contributed by atoms with van der Waals surface area (Å²) in [5.74, 6) is 0.866. The van der Waals surface area contributed by atoms with Gasteiger partial charge < -0.3 is 9.30 Å². The minimum atomic E-state index is 0.780. The molecule has 2 aromatic carbocycles. The normalized spacial score (nSPS) is 12.8. The molecule has 0 aliphatic carbocycles. The Labute approximate surface area is 139 Å². The third-order valence-corrected chi connectivity index (χ3v) is 4.74. The van der Waals surface area contributed by atoms with Crippen molar-refractivity contribution in [1.82, 2.24) is 4.57 Å². The van der Waals surface area contributed by atoms with Crippen molar-refractivity contribution in [3.05, 3.63) is 58.9 Å². The second kappa shape index (κ2) is 6.79. The molecule has 0 saturated heterocycles. The number of nitrogens with zero attached hydrogens (tertiary/aromatic N) is 3. The molecule has 0 aliphatic rings. The number of benzene rings is 2. The Morgan fingerprint density at radius 1 is 1.13 bits per heavy atom. The molecular formula is C18H19N3OS. The standard InChI is InChI=1S/C18H19N3OS/c1-13(12-14-8-10-15(22-3)11-9-14)19-20-18-21(2)16-6-4-5-7-17(16)23-18/h4-11H,12H2,1-3H3/b19-13-,20-18+. The van der Waals surface area contributed by atoms with Crippen LogP contribution in [0.1, 0.15) is 12.5 Å². The molecule has 0 atom stereocenters. The van der Waals surface area contributed by atoms with E-state index >= 15 is 0 Å². The molecule has 3 rings (SSSR count). The highest BCUT2D eigenvalue weighted by Gasteiger charge is 2.01. The molecule has 0 fully saturated rings. The van der Waals surface area contributed by atoms with Gasteiger partial charge in [0.25, 0.3) is 0 Å². The maximum absolute atomic E-state index is 5.17. The Hall–Kier alpha value is -2.40. The minimum absolute atomic E-state index is 0.780. The molecule has 0 spiro atoms. The van der Waals surface area contributed by atoms with E-state index in [1.807, 2.05) is 38.2 Å². The van der Waals surface area contributed by atoms with Crippen LogP contribution in [0.2, 0.25) is 0 Å². The predicted octanol–water partition coefficient (Wildman–Crippen LogP) is 3.77. The second-order valence-corrected chi connectivity index (χ2v) is 6.38. The number of hydrogen-bond acceptors (Lipinski definition) is 4. The van der Waals surface area contributed by atoms with E-state index in [0.717, 1.165) is 22.7 Å². The van der Waals surface area contributed by atoms with E-state index < -0.39 is 0 Å². The summed E-state index contributed by atoms with van der Waals surface area (Å²) in [5.41, 5.74) is 3.36. The zero-order chi connectivity index (χ0) is 16.2. The Balaban J connectivity index is 1.83. The van der Waals surface area contributed by atoms with Crippen molar-refractivity contribution >= 4 is 27.3 Å². The highest BCUT2D eigenvalue weighted by atomic mass is 32.1. The van der Waals surface area contributed by atoms with Crippen molar-refractivity contribution in [2.75, 3.05) is 7.11 Å². The number of thiazole rings is 1. The minimum Gasteiger partial charge on any atom is -0.497 e. The first-order chi connectivity index (χ1) is 11.2. The molecule has 0 radical (unpaired) electrons. The number of fused-ring (bicyclic) bond motifs is 1. The zero-order valence-corrected chi connectivity index (χ0v) is 14.3. The quantitative estimate of drug-likeness (QED) is 0.531. The summed E-state index contributed by atoms with van der Waals surface area (Å²) in [5, 5.41) is 8.81. The first kappa shape index (κ1) is 15.5. The third kappa shape index (κ3) is 3.51. The van der Waals surface area contributed by atoms with Gasteiger partial charge in [0.1, 0.15) is 5.75 Å². The number of aromatic nitrogens is 1. The van der Waals surface area contributed by atoms with Crippen LogP contribution in [0.4, 0.5) is 0 Å². The lowest BCUT2D eigenvalue weighted by Gasteiger charge is -2.02. The number of aryl methyl sites for hydroxylation is 1. The first-order valence-electron chi connectivity index (χ1n) is 7.42. The van der Waals surface area contributed by atoms with Crippen LogP contribution in [0, 0.1) is 0 Å². The van der Waals surface area contributed by atoms with Gasteiger partial charge in [0, 0.05) is 19.2 Å². The molecule has 5 heteroatoms. The average Bonchev–Trinajstić information content (AvgIpc) is 2.90. The molecule has 0 N–H and O–H groups in total. The average molecular weight is 325 g/mol. The highest BCUT2D eigenvalue weighted by molar-refractivity contribution is 7.16. The largest absolute Gasteiger partial charge is 0.497 e. The number of hydrogen-bond donors (Lipinski definition) is 0. The lowest BCUT2D eigenvalue weighted by molar-refractivity contribution is 0.414. The fourth-order valence-electron chi connectivity index (χ4n) is 2.38. The molecule has 0 saturated carbocycles. The van der Waals surface area contributed by atoms with Gasteiger partial charge in [-0.05, 0) is 36.8 Å². The Morgan fingerprint density at radius 2 is 1.87 bits per heavy atom. The molecule has 4 nitrogen and oxygen atoms in total. The summed E-state index contributed by atoms with van der Waals surface area (Å²) in [4.78, 5) is 0.903. The molecule has 118 valence electrons. The van der Waals surface area contributed by atoms with Gasteiger partial charge in [0.2, 0.25) is 4.80 Å². The maximum atomic E-state index is 5.17. The molecule has 0 aliphatic heterocycles. The summed E-state index contributed by atoms with van der Waals surface area (Å²) >= 11 is 1.65. The van der Waals surface area contributed by atoms with Gasteiger partial charge in [0.15, 0.2) is 0 Å². The number of methoxy groups -OCH3 is 1. The fourth-order valence-corrected chi connectivity index (χ4v) is 3.35. The highest BCUT2D eigenvalue weighted by Crippen LogP contribution is 2.15. The van der Waals surface area contributed by atoms with Gasteiger partial charge in [-0.15, -0.1) is 5.10 Å². The summed E-state index contributed by atoms with van der Waals surface area (Å²) in [6.07, 6.45) is 0.780. The van der Waals surface area contributed by atoms with Crippen molar-refractivity contribution in [3.63, 3.8) is 0 Å². The Morgan fingerprint density at radius 3 is 2.57 bits per heavy atom. The van der Waals surface area contributed by atoms with Gasteiger partial charge >= 0.3 is 0 Å². The molecular weight excluding hydrogens is 306 g/mol. The summed E-state index contributed by atoms with van der Waals surface area (Å²) < 4.78 is 8.46. The van der Waals surface area contributed by atoms with Crippen LogP contribution in [0.5, 0.6) is 5.75 Å². The number of rotatable bonds is 4. The second-order valence-electron chi connectivity index (χ2n) is 5.37. The molecule has 1 heterocycles. The van der Waals surface area contributed by atoms with Crippen LogP contribution in [-0.4, -0.2) is 17.4 Å². The predicted molar refractivity (Wildman–Crippen MR) is 96.2 cm³/mol. The van der Waals surface area contributed by atoms with Crippen molar-refractivity contribution in [1.29, 1.82) is 0 Å². The van der Waals surface area contributed by atoms with Crippen LogP contribution in [0.25, 0.3) is 10.2 Å². The van der Waals surface area contributed by atoms with E-state index in [2.05, 4.69) is 39.0 Å².